The van der Waals surface area contributed by atoms with Crippen LogP contribution in [0.1, 0.15) is 22.8 Å². The van der Waals surface area contributed by atoms with Gasteiger partial charge in [-0.15, -0.1) is 0 Å². The Morgan fingerprint density at radius 2 is 1.67 bits per heavy atom. The molecular formula is C25H23N3O8. The minimum atomic E-state index is -1.03. The van der Waals surface area contributed by atoms with Crippen LogP contribution in [0.2, 0.25) is 0 Å². The molecule has 0 saturated heterocycles. The lowest BCUT2D eigenvalue weighted by molar-refractivity contribution is -0.386. The number of nitrogens with zero attached hydrogens (tertiary/aromatic N) is 2. The Morgan fingerprint density at radius 3 is 2.33 bits per heavy atom. The second-order valence-corrected chi connectivity index (χ2v) is 7.25. The molecular weight excluding hydrogens is 470 g/mol. The molecule has 11 heteroatoms. The van der Waals surface area contributed by atoms with E-state index in [-0.39, 0.29) is 17.0 Å². The van der Waals surface area contributed by atoms with E-state index in [1.165, 1.54) is 51.6 Å². The Kier molecular flexibility index (Phi) is 8.54. The average molecular weight is 493 g/mol. The number of rotatable bonds is 10. The van der Waals surface area contributed by atoms with E-state index in [0.717, 1.165) is 0 Å². The molecule has 36 heavy (non-hydrogen) atoms. The molecule has 0 saturated carbocycles. The summed E-state index contributed by atoms with van der Waals surface area (Å²) in [6.45, 7) is 1.45. The van der Waals surface area contributed by atoms with E-state index in [1.54, 1.807) is 42.5 Å². The van der Waals surface area contributed by atoms with Crippen LogP contribution in [0, 0.1) is 10.1 Å². The Labute approximate surface area is 206 Å². The monoisotopic (exact) mass is 493 g/mol. The molecule has 0 unspecified atom stereocenters. The zero-order chi connectivity index (χ0) is 26.1. The smallest absolute Gasteiger partial charge is 0.343 e. The van der Waals surface area contributed by atoms with Gasteiger partial charge in [-0.2, -0.15) is 5.10 Å². The van der Waals surface area contributed by atoms with Gasteiger partial charge in [-0.1, -0.05) is 12.1 Å². The zero-order valence-electron chi connectivity index (χ0n) is 19.7. The molecule has 0 heterocycles. The number of nitro groups is 1. The normalized spacial score (nSPS) is 11.4. The maximum atomic E-state index is 12.4. The summed E-state index contributed by atoms with van der Waals surface area (Å²) in [4.78, 5) is 35.1. The minimum Gasteiger partial charge on any atom is -0.493 e. The fourth-order valence-electron chi connectivity index (χ4n) is 2.96. The molecule has 0 aliphatic rings. The first-order chi connectivity index (χ1) is 17.3. The van der Waals surface area contributed by atoms with Gasteiger partial charge < -0.3 is 18.9 Å². The number of nitro benzene ring substituents is 1. The minimum absolute atomic E-state index is 0.0210. The highest BCUT2D eigenvalue weighted by Gasteiger charge is 2.20. The van der Waals surface area contributed by atoms with Gasteiger partial charge in [0.15, 0.2) is 23.4 Å². The van der Waals surface area contributed by atoms with Crippen molar-refractivity contribution in [3.05, 3.63) is 88.0 Å². The fourth-order valence-corrected chi connectivity index (χ4v) is 2.96. The molecule has 186 valence electrons. The molecule has 0 bridgehead atoms. The van der Waals surface area contributed by atoms with Crippen molar-refractivity contribution in [3.8, 4) is 23.0 Å². The Morgan fingerprint density at radius 1 is 0.972 bits per heavy atom. The van der Waals surface area contributed by atoms with Gasteiger partial charge >= 0.3 is 11.7 Å². The number of benzene rings is 3. The van der Waals surface area contributed by atoms with Gasteiger partial charge in [0.05, 0.1) is 30.9 Å². The van der Waals surface area contributed by atoms with E-state index in [4.69, 9.17) is 18.9 Å². The van der Waals surface area contributed by atoms with Crippen molar-refractivity contribution >= 4 is 23.8 Å². The summed E-state index contributed by atoms with van der Waals surface area (Å²) >= 11 is 0. The first kappa shape index (κ1) is 25.7. The highest BCUT2D eigenvalue weighted by atomic mass is 16.6. The van der Waals surface area contributed by atoms with Gasteiger partial charge in [0, 0.05) is 6.07 Å². The van der Waals surface area contributed by atoms with Crippen LogP contribution in [-0.4, -0.2) is 43.3 Å². The number of methoxy groups -OCH3 is 2. The van der Waals surface area contributed by atoms with E-state index >= 15 is 0 Å². The SMILES string of the molecule is COc1ccc(C(=O)Oc2ccc(/C=N\NC(=O)[C@H](C)Oc3ccccc3[N+](=O)[O-])cc2)cc1OC. The molecule has 1 amide bonds. The van der Waals surface area contributed by atoms with Crippen LogP contribution < -0.4 is 24.4 Å². The molecule has 0 aliphatic carbocycles. The zero-order valence-corrected chi connectivity index (χ0v) is 19.7. The van der Waals surface area contributed by atoms with E-state index in [2.05, 4.69) is 10.5 Å². The number of hydrogen-bond donors (Lipinski definition) is 1. The summed E-state index contributed by atoms with van der Waals surface area (Å²) < 4.78 is 21.1. The summed E-state index contributed by atoms with van der Waals surface area (Å²) in [6.07, 6.45) is 0.358. The van der Waals surface area contributed by atoms with Crippen molar-refractivity contribution in [2.45, 2.75) is 13.0 Å². The Balaban J connectivity index is 1.55. The quantitative estimate of drug-likeness (QED) is 0.148. The molecule has 0 spiro atoms. The van der Waals surface area contributed by atoms with Gasteiger partial charge in [-0.05, 0) is 61.0 Å². The van der Waals surface area contributed by atoms with Crippen LogP contribution in [0.5, 0.6) is 23.0 Å². The van der Waals surface area contributed by atoms with E-state index in [9.17, 15) is 19.7 Å². The average Bonchev–Trinajstić information content (AvgIpc) is 2.89. The van der Waals surface area contributed by atoms with Gasteiger partial charge in [-0.25, -0.2) is 10.2 Å². The summed E-state index contributed by atoms with van der Waals surface area (Å²) in [5.74, 6) is 0.0197. The van der Waals surface area contributed by atoms with Gasteiger partial charge in [0.1, 0.15) is 5.75 Å². The summed E-state index contributed by atoms with van der Waals surface area (Å²) in [5.41, 5.74) is 2.98. The molecule has 3 aromatic carbocycles. The van der Waals surface area contributed by atoms with Crippen molar-refractivity contribution in [1.82, 2.24) is 5.43 Å². The highest BCUT2D eigenvalue weighted by molar-refractivity contribution is 5.92. The van der Waals surface area contributed by atoms with Crippen LogP contribution in [0.15, 0.2) is 71.8 Å². The second kappa shape index (κ2) is 12.0. The van der Waals surface area contributed by atoms with Crippen LogP contribution in [0.3, 0.4) is 0 Å². The summed E-state index contributed by atoms with van der Waals surface area (Å²) in [7, 11) is 2.97. The fraction of sp³-hybridized carbons (Fsp3) is 0.160. The van der Waals surface area contributed by atoms with Crippen molar-refractivity contribution in [2.75, 3.05) is 14.2 Å². The van der Waals surface area contributed by atoms with Crippen LogP contribution in [0.4, 0.5) is 5.69 Å². The number of esters is 1. The number of carbonyl (C=O) groups is 2. The third-order valence-electron chi connectivity index (χ3n) is 4.83. The van der Waals surface area contributed by atoms with E-state index in [0.29, 0.717) is 22.8 Å². The lowest BCUT2D eigenvalue weighted by Crippen LogP contribution is -2.33. The van der Waals surface area contributed by atoms with Crippen LogP contribution >= 0.6 is 0 Å². The van der Waals surface area contributed by atoms with Crippen molar-refractivity contribution in [3.63, 3.8) is 0 Å². The Bertz CT molecular complexity index is 1270. The number of hydrazone groups is 1. The molecule has 3 aromatic rings. The largest absolute Gasteiger partial charge is 0.493 e. The molecule has 1 atom stereocenters. The lowest BCUT2D eigenvalue weighted by atomic mass is 10.2. The number of carbonyl (C=O) groups excluding carboxylic acids is 2. The molecule has 0 aromatic heterocycles. The third-order valence-corrected chi connectivity index (χ3v) is 4.83. The number of ether oxygens (including phenoxy) is 4. The van der Waals surface area contributed by atoms with Crippen molar-refractivity contribution in [2.24, 2.45) is 5.10 Å². The highest BCUT2D eigenvalue weighted by Crippen LogP contribution is 2.28. The first-order valence-electron chi connectivity index (χ1n) is 10.6. The predicted molar refractivity (Wildman–Crippen MR) is 130 cm³/mol. The predicted octanol–water partition coefficient (Wildman–Crippen LogP) is 3.75. The third kappa shape index (κ3) is 6.56. The van der Waals surface area contributed by atoms with Crippen LogP contribution in [0.25, 0.3) is 0 Å². The van der Waals surface area contributed by atoms with Gasteiger partial charge in [-0.3, -0.25) is 14.9 Å². The van der Waals surface area contributed by atoms with Crippen molar-refractivity contribution in [1.29, 1.82) is 0 Å². The topological polar surface area (TPSA) is 139 Å². The standard InChI is InChI=1S/C25H23N3O8/c1-16(35-21-7-5-4-6-20(21)28(31)32)24(29)27-26-15-17-8-11-19(12-9-17)36-25(30)18-10-13-22(33-2)23(14-18)34-3/h4-16H,1-3H3,(H,27,29)/b26-15-/t16-/m0/s1. The van der Waals surface area contributed by atoms with Gasteiger partial charge in [0.25, 0.3) is 5.91 Å². The summed E-state index contributed by atoms with van der Waals surface area (Å²) in [5, 5.41) is 14.9. The van der Waals surface area contributed by atoms with Crippen molar-refractivity contribution < 1.29 is 33.5 Å². The van der Waals surface area contributed by atoms with E-state index in [1.807, 2.05) is 0 Å². The number of amides is 1. The molecule has 3 rings (SSSR count). The molecule has 0 radical (unpaired) electrons. The molecule has 11 nitrogen and oxygen atoms in total. The molecule has 0 fully saturated rings. The van der Waals surface area contributed by atoms with E-state index < -0.39 is 22.9 Å². The van der Waals surface area contributed by atoms with Gasteiger partial charge in [0.2, 0.25) is 0 Å². The number of para-hydroxylation sites is 2. The van der Waals surface area contributed by atoms with Crippen LogP contribution in [-0.2, 0) is 4.79 Å². The number of nitrogens with one attached hydrogen (secondary N) is 1. The maximum Gasteiger partial charge on any atom is 0.343 e. The molecule has 0 aliphatic heterocycles. The number of hydrogen-bond acceptors (Lipinski definition) is 9. The Hall–Kier alpha value is -4.93. The maximum absolute atomic E-state index is 12.4. The summed E-state index contributed by atoms with van der Waals surface area (Å²) in [6, 6.07) is 16.9. The molecule has 1 N–H and O–H groups in total. The second-order valence-electron chi connectivity index (χ2n) is 7.25. The lowest BCUT2D eigenvalue weighted by Gasteiger charge is -2.12. The first-order valence-corrected chi connectivity index (χ1v) is 10.6.